The van der Waals surface area contributed by atoms with Gasteiger partial charge in [-0.05, 0) is 33.0 Å². The van der Waals surface area contributed by atoms with Gasteiger partial charge in [-0.2, -0.15) is 5.10 Å². The van der Waals surface area contributed by atoms with E-state index in [2.05, 4.69) is 10.00 Å². The van der Waals surface area contributed by atoms with Gasteiger partial charge in [-0.1, -0.05) is 0 Å². The van der Waals surface area contributed by atoms with E-state index < -0.39 is 5.60 Å². The van der Waals surface area contributed by atoms with Crippen LogP contribution in [0.25, 0.3) is 0 Å². The molecule has 1 saturated heterocycles. The first-order chi connectivity index (χ1) is 9.76. The van der Waals surface area contributed by atoms with Crippen LogP contribution in [-0.2, 0) is 18.5 Å². The van der Waals surface area contributed by atoms with Gasteiger partial charge in [0.25, 0.3) is 0 Å². The van der Waals surface area contributed by atoms with E-state index in [0.717, 1.165) is 13.1 Å². The molecule has 0 atom stereocenters. The van der Waals surface area contributed by atoms with Crippen molar-refractivity contribution in [2.24, 2.45) is 7.05 Å². The molecule has 1 aliphatic heterocycles. The minimum Gasteiger partial charge on any atom is -0.444 e. The second-order valence-corrected chi connectivity index (χ2v) is 6.62. The number of amides is 1. The van der Waals surface area contributed by atoms with Crippen molar-refractivity contribution in [3.8, 4) is 0 Å². The highest BCUT2D eigenvalue weighted by atomic mass is 32.1. The van der Waals surface area contributed by atoms with E-state index in [1.807, 2.05) is 32.4 Å². The summed E-state index contributed by atoms with van der Waals surface area (Å²) in [6, 6.07) is 0. The summed E-state index contributed by atoms with van der Waals surface area (Å²) in [5.41, 5.74) is -0.449. The molecule has 1 aromatic rings. The highest BCUT2D eigenvalue weighted by molar-refractivity contribution is 7.71. The molecule has 1 aliphatic rings. The number of piperazine rings is 1. The summed E-state index contributed by atoms with van der Waals surface area (Å²) in [6.45, 7) is 9.19. The molecule has 0 N–H and O–H groups in total. The zero-order valence-corrected chi connectivity index (χ0v) is 13.9. The Balaban J connectivity index is 1.85. The molecule has 1 aromatic heterocycles. The van der Waals surface area contributed by atoms with Gasteiger partial charge in [0, 0.05) is 33.2 Å². The lowest BCUT2D eigenvalue weighted by atomic mass is 10.2. The lowest BCUT2D eigenvalue weighted by Crippen LogP contribution is -2.50. The maximum absolute atomic E-state index is 12.0. The Hall–Kier alpha value is -1.41. The van der Waals surface area contributed by atoms with Crippen LogP contribution < -0.4 is 0 Å². The first-order valence-electron chi connectivity index (χ1n) is 7.05. The Kier molecular flexibility index (Phi) is 4.67. The highest BCUT2D eigenvalue weighted by Gasteiger charge is 2.25. The van der Waals surface area contributed by atoms with Gasteiger partial charge < -0.3 is 14.2 Å². The molecule has 0 spiro atoms. The van der Waals surface area contributed by atoms with Crippen molar-refractivity contribution >= 4 is 18.3 Å². The molecule has 21 heavy (non-hydrogen) atoms. The number of aromatic nitrogens is 3. The molecule has 0 aromatic carbocycles. The zero-order valence-electron chi connectivity index (χ0n) is 13.1. The fourth-order valence-electron chi connectivity index (χ4n) is 2.11. The van der Waals surface area contributed by atoms with Crippen molar-refractivity contribution < 1.29 is 9.53 Å². The minimum absolute atomic E-state index is 0.239. The van der Waals surface area contributed by atoms with Crippen LogP contribution in [0.4, 0.5) is 4.79 Å². The minimum atomic E-state index is -0.449. The number of hydrogen-bond donors (Lipinski definition) is 0. The predicted octanol–water partition coefficient (Wildman–Crippen LogP) is 1.46. The molecule has 2 rings (SSSR count). The van der Waals surface area contributed by atoms with Gasteiger partial charge in [-0.3, -0.25) is 4.90 Å². The molecule has 8 heteroatoms. The Labute approximate surface area is 130 Å². The molecule has 0 unspecified atom stereocenters. The highest BCUT2D eigenvalue weighted by Crippen LogP contribution is 2.12. The van der Waals surface area contributed by atoms with Crippen molar-refractivity contribution in [2.45, 2.75) is 33.0 Å². The Morgan fingerprint density at radius 1 is 1.33 bits per heavy atom. The van der Waals surface area contributed by atoms with E-state index in [-0.39, 0.29) is 6.09 Å². The quantitative estimate of drug-likeness (QED) is 0.774. The van der Waals surface area contributed by atoms with Crippen molar-refractivity contribution in [3.63, 3.8) is 0 Å². The first-order valence-corrected chi connectivity index (χ1v) is 7.46. The first kappa shape index (κ1) is 16.0. The van der Waals surface area contributed by atoms with Gasteiger partial charge in [-0.15, -0.1) is 0 Å². The van der Waals surface area contributed by atoms with Crippen LogP contribution in [0.2, 0.25) is 0 Å². The third-order valence-corrected chi connectivity index (χ3v) is 3.74. The third kappa shape index (κ3) is 4.28. The van der Waals surface area contributed by atoms with E-state index >= 15 is 0 Å². The van der Waals surface area contributed by atoms with Crippen LogP contribution in [0, 0.1) is 4.77 Å². The van der Waals surface area contributed by atoms with E-state index in [1.54, 1.807) is 15.9 Å². The van der Waals surface area contributed by atoms with Crippen LogP contribution in [0.1, 0.15) is 20.8 Å². The third-order valence-electron chi connectivity index (χ3n) is 3.24. The smallest absolute Gasteiger partial charge is 0.410 e. The second-order valence-electron chi connectivity index (χ2n) is 6.25. The van der Waals surface area contributed by atoms with Crippen molar-refractivity contribution in [1.29, 1.82) is 0 Å². The Morgan fingerprint density at radius 3 is 2.43 bits per heavy atom. The number of carbonyl (C=O) groups excluding carboxylic acids is 1. The number of rotatable bonds is 2. The molecular weight excluding hydrogens is 290 g/mol. The van der Waals surface area contributed by atoms with Gasteiger partial charge in [-0.25, -0.2) is 9.48 Å². The number of carbonyl (C=O) groups is 1. The fourth-order valence-corrected chi connectivity index (χ4v) is 2.26. The molecular formula is C13H23N5O2S. The summed E-state index contributed by atoms with van der Waals surface area (Å²) >= 11 is 5.27. The normalized spacial score (nSPS) is 17.0. The fraction of sp³-hybridized carbons (Fsp3) is 0.769. The number of hydrogen-bond acceptors (Lipinski definition) is 5. The van der Waals surface area contributed by atoms with Crippen molar-refractivity contribution in [2.75, 3.05) is 26.2 Å². The van der Waals surface area contributed by atoms with Crippen molar-refractivity contribution in [1.82, 2.24) is 24.1 Å². The van der Waals surface area contributed by atoms with Crippen LogP contribution >= 0.6 is 12.2 Å². The van der Waals surface area contributed by atoms with Crippen LogP contribution in [-0.4, -0.2) is 62.0 Å². The molecule has 0 saturated carbocycles. The Bertz CT molecular complexity index is 552. The monoisotopic (exact) mass is 313 g/mol. The average molecular weight is 313 g/mol. The van der Waals surface area contributed by atoms with E-state index in [9.17, 15) is 4.79 Å². The molecule has 0 radical (unpaired) electrons. The summed E-state index contributed by atoms with van der Waals surface area (Å²) in [6.07, 6.45) is 1.47. The molecule has 0 aliphatic carbocycles. The number of ether oxygens (including phenoxy) is 1. The van der Waals surface area contributed by atoms with Gasteiger partial charge in [0.15, 0.2) is 4.77 Å². The zero-order chi connectivity index (χ0) is 15.6. The second kappa shape index (κ2) is 6.15. The summed E-state index contributed by atoms with van der Waals surface area (Å²) < 4.78 is 9.68. The van der Waals surface area contributed by atoms with Gasteiger partial charge in [0.05, 0.1) is 6.67 Å². The van der Waals surface area contributed by atoms with E-state index in [0.29, 0.717) is 24.5 Å². The molecule has 1 fully saturated rings. The largest absolute Gasteiger partial charge is 0.444 e. The summed E-state index contributed by atoms with van der Waals surface area (Å²) in [7, 11) is 1.88. The lowest BCUT2D eigenvalue weighted by molar-refractivity contribution is 0.0113. The average Bonchev–Trinajstić information content (AvgIpc) is 2.69. The molecule has 118 valence electrons. The predicted molar refractivity (Wildman–Crippen MR) is 81.4 cm³/mol. The van der Waals surface area contributed by atoms with Crippen molar-refractivity contribution in [3.05, 3.63) is 11.1 Å². The Morgan fingerprint density at radius 2 is 1.95 bits per heavy atom. The van der Waals surface area contributed by atoms with Gasteiger partial charge >= 0.3 is 6.09 Å². The maximum atomic E-state index is 12.0. The number of nitrogens with zero attached hydrogens (tertiary/aromatic N) is 5. The van der Waals surface area contributed by atoms with Gasteiger partial charge in [0.1, 0.15) is 11.9 Å². The summed E-state index contributed by atoms with van der Waals surface area (Å²) in [5.74, 6) is 0. The van der Waals surface area contributed by atoms with Crippen LogP contribution in [0.15, 0.2) is 6.33 Å². The van der Waals surface area contributed by atoms with Crippen LogP contribution in [0.3, 0.4) is 0 Å². The molecule has 0 bridgehead atoms. The topological polar surface area (TPSA) is 55.5 Å². The number of aryl methyl sites for hydroxylation is 1. The molecule has 7 nitrogen and oxygen atoms in total. The SMILES string of the molecule is Cn1cnn(CN2CCN(C(=O)OC(C)(C)C)CC2)c1=S. The lowest BCUT2D eigenvalue weighted by Gasteiger charge is -2.35. The van der Waals surface area contributed by atoms with E-state index in [1.165, 1.54) is 0 Å². The maximum Gasteiger partial charge on any atom is 0.410 e. The molecule has 1 amide bonds. The summed E-state index contributed by atoms with van der Waals surface area (Å²) in [4.78, 5) is 16.0. The van der Waals surface area contributed by atoms with Gasteiger partial charge in [0.2, 0.25) is 0 Å². The van der Waals surface area contributed by atoms with Crippen LogP contribution in [0.5, 0.6) is 0 Å². The van der Waals surface area contributed by atoms with E-state index in [4.69, 9.17) is 17.0 Å². The summed E-state index contributed by atoms with van der Waals surface area (Å²) in [5, 5.41) is 4.24. The molecule has 2 heterocycles. The standard InChI is InChI=1S/C13H23N5O2S/c1-13(2,3)20-12(19)17-7-5-16(6-8-17)10-18-11(21)15(4)9-14-18/h9H,5-8,10H2,1-4H3.